The SMILES string of the molecule is OCCNC(=S)[C]1[CH][CH][CH][CH]1. The average Bonchev–Trinajstić information content (AvgIpc) is 2.52. The fourth-order valence-corrected chi connectivity index (χ4v) is 1.04. The van der Waals surface area contributed by atoms with Crippen LogP contribution in [0.25, 0.3) is 0 Å². The quantitative estimate of drug-likeness (QED) is 0.594. The zero-order valence-corrected chi connectivity index (χ0v) is 6.90. The molecular formula is C8H10NOS. The number of nitrogens with one attached hydrogen (secondary N) is 1. The predicted molar refractivity (Wildman–Crippen MR) is 48.1 cm³/mol. The number of aliphatic hydroxyl groups is 1. The molecule has 2 nitrogen and oxygen atoms in total. The molecule has 2 N–H and O–H groups in total. The van der Waals surface area contributed by atoms with Gasteiger partial charge in [-0.25, -0.2) is 0 Å². The van der Waals surface area contributed by atoms with Crippen molar-refractivity contribution in [3.63, 3.8) is 0 Å². The molecule has 3 heteroatoms. The lowest BCUT2D eigenvalue weighted by Crippen LogP contribution is -2.29. The van der Waals surface area contributed by atoms with Crippen LogP contribution in [0.4, 0.5) is 0 Å². The van der Waals surface area contributed by atoms with Gasteiger partial charge >= 0.3 is 0 Å². The van der Waals surface area contributed by atoms with Crippen LogP contribution in [0.1, 0.15) is 0 Å². The van der Waals surface area contributed by atoms with E-state index in [-0.39, 0.29) is 6.61 Å². The van der Waals surface area contributed by atoms with Crippen LogP contribution in [0, 0.1) is 31.6 Å². The smallest absolute Gasteiger partial charge is 0.0833 e. The second kappa shape index (κ2) is 4.67. The Morgan fingerprint density at radius 2 is 2.09 bits per heavy atom. The Morgan fingerprint density at radius 3 is 2.64 bits per heavy atom. The molecule has 11 heavy (non-hydrogen) atoms. The van der Waals surface area contributed by atoms with Crippen molar-refractivity contribution in [3.8, 4) is 0 Å². The molecule has 59 valence electrons. The maximum Gasteiger partial charge on any atom is 0.0833 e. The van der Waals surface area contributed by atoms with E-state index >= 15 is 0 Å². The Kier molecular flexibility index (Phi) is 3.80. The minimum atomic E-state index is 0.112. The van der Waals surface area contributed by atoms with Crippen molar-refractivity contribution in [1.82, 2.24) is 5.32 Å². The molecule has 0 saturated heterocycles. The Balaban J connectivity index is 2.17. The second-order valence-electron chi connectivity index (χ2n) is 2.15. The number of thiocarbonyl (C=S) groups is 1. The van der Waals surface area contributed by atoms with Gasteiger partial charge in [0.1, 0.15) is 0 Å². The van der Waals surface area contributed by atoms with Gasteiger partial charge in [-0.1, -0.05) is 12.2 Å². The molecule has 0 amide bonds. The van der Waals surface area contributed by atoms with Gasteiger partial charge in [0.15, 0.2) is 0 Å². The summed E-state index contributed by atoms with van der Waals surface area (Å²) in [5.74, 6) is 1.01. The summed E-state index contributed by atoms with van der Waals surface area (Å²) in [4.78, 5) is 0.698. The highest BCUT2D eigenvalue weighted by molar-refractivity contribution is 7.80. The molecule has 1 aliphatic rings. The highest BCUT2D eigenvalue weighted by atomic mass is 32.1. The van der Waals surface area contributed by atoms with E-state index in [1.165, 1.54) is 0 Å². The molecule has 0 unspecified atom stereocenters. The lowest BCUT2D eigenvalue weighted by atomic mass is 10.1. The van der Waals surface area contributed by atoms with Crippen molar-refractivity contribution in [1.29, 1.82) is 0 Å². The summed E-state index contributed by atoms with van der Waals surface area (Å²) in [6.07, 6.45) is 7.74. The zero-order chi connectivity index (χ0) is 8.10. The largest absolute Gasteiger partial charge is 0.395 e. The van der Waals surface area contributed by atoms with E-state index in [4.69, 9.17) is 17.3 Å². The zero-order valence-electron chi connectivity index (χ0n) is 6.08. The molecule has 0 atom stereocenters. The first-order chi connectivity index (χ1) is 5.34. The third-order valence-electron chi connectivity index (χ3n) is 1.32. The summed E-state index contributed by atoms with van der Waals surface area (Å²) in [7, 11) is 0. The highest BCUT2D eigenvalue weighted by Gasteiger charge is 2.20. The standard InChI is InChI=1S/C8H10NOS/c10-6-5-9-8(11)7-3-1-2-4-7/h1-4,10H,5-6H2,(H,9,11). The van der Waals surface area contributed by atoms with Gasteiger partial charge < -0.3 is 10.4 Å². The van der Waals surface area contributed by atoms with Gasteiger partial charge in [0.05, 0.1) is 11.6 Å². The van der Waals surface area contributed by atoms with Gasteiger partial charge in [0, 0.05) is 12.5 Å². The third kappa shape index (κ3) is 2.75. The van der Waals surface area contributed by atoms with E-state index in [0.29, 0.717) is 11.5 Å². The number of hydrogen-bond donors (Lipinski definition) is 2. The maximum atomic E-state index is 8.49. The Hall–Kier alpha value is -0.150. The Morgan fingerprint density at radius 1 is 1.45 bits per heavy atom. The van der Waals surface area contributed by atoms with Gasteiger partial charge in [0.2, 0.25) is 0 Å². The summed E-state index contributed by atoms with van der Waals surface area (Å²) in [5, 5.41) is 11.4. The summed E-state index contributed by atoms with van der Waals surface area (Å²) in [5.41, 5.74) is 0. The minimum Gasteiger partial charge on any atom is -0.395 e. The molecule has 0 heterocycles. The van der Waals surface area contributed by atoms with Crippen LogP contribution in [0.2, 0.25) is 0 Å². The second-order valence-corrected chi connectivity index (χ2v) is 2.56. The molecule has 0 spiro atoms. The molecule has 1 aliphatic carbocycles. The predicted octanol–water partition coefficient (Wildman–Crippen LogP) is 0.301. The van der Waals surface area contributed by atoms with Crippen molar-refractivity contribution in [2.45, 2.75) is 0 Å². The molecule has 1 saturated carbocycles. The number of rotatable bonds is 3. The Labute approximate surface area is 73.0 Å². The van der Waals surface area contributed by atoms with Gasteiger partial charge in [-0.15, -0.1) is 0 Å². The first-order valence-electron chi connectivity index (χ1n) is 3.45. The van der Waals surface area contributed by atoms with E-state index in [2.05, 4.69) is 5.32 Å². The summed E-state index contributed by atoms with van der Waals surface area (Å²) < 4.78 is 0. The van der Waals surface area contributed by atoms with Crippen molar-refractivity contribution < 1.29 is 5.11 Å². The number of hydrogen-bond acceptors (Lipinski definition) is 2. The third-order valence-corrected chi connectivity index (χ3v) is 1.70. The van der Waals surface area contributed by atoms with E-state index in [1.807, 2.05) is 25.7 Å². The van der Waals surface area contributed by atoms with Crippen molar-refractivity contribution in [2.24, 2.45) is 0 Å². The van der Waals surface area contributed by atoms with Crippen LogP contribution in [0.5, 0.6) is 0 Å². The molecule has 1 rings (SSSR count). The van der Waals surface area contributed by atoms with Crippen LogP contribution >= 0.6 is 12.2 Å². The van der Waals surface area contributed by atoms with Crippen LogP contribution in [0.15, 0.2) is 0 Å². The molecule has 0 aromatic rings. The molecule has 1 fully saturated rings. The van der Waals surface area contributed by atoms with E-state index in [1.54, 1.807) is 0 Å². The van der Waals surface area contributed by atoms with Crippen molar-refractivity contribution in [2.75, 3.05) is 13.2 Å². The highest BCUT2D eigenvalue weighted by Crippen LogP contribution is 2.23. The number of aliphatic hydroxyl groups excluding tert-OH is 1. The lowest BCUT2D eigenvalue weighted by molar-refractivity contribution is 0.300. The van der Waals surface area contributed by atoms with Crippen molar-refractivity contribution in [3.05, 3.63) is 31.6 Å². The van der Waals surface area contributed by atoms with Gasteiger partial charge in [-0.05, 0) is 25.7 Å². The summed E-state index contributed by atoms with van der Waals surface area (Å²) >= 11 is 5.02. The van der Waals surface area contributed by atoms with Crippen molar-refractivity contribution >= 4 is 17.2 Å². The molecule has 5 radical (unpaired) electrons. The maximum absolute atomic E-state index is 8.49. The molecule has 0 bridgehead atoms. The van der Waals surface area contributed by atoms with Gasteiger partial charge in [-0.3, -0.25) is 0 Å². The van der Waals surface area contributed by atoms with Gasteiger partial charge in [0.25, 0.3) is 0 Å². The molecule has 0 aliphatic heterocycles. The Bertz CT molecular complexity index is 132. The van der Waals surface area contributed by atoms with E-state index in [0.717, 1.165) is 5.92 Å². The summed E-state index contributed by atoms with van der Waals surface area (Å²) in [6.45, 7) is 0.630. The monoisotopic (exact) mass is 168 g/mol. The van der Waals surface area contributed by atoms with Crippen LogP contribution in [-0.2, 0) is 0 Å². The average molecular weight is 168 g/mol. The van der Waals surface area contributed by atoms with E-state index in [9.17, 15) is 0 Å². The molecule has 0 aromatic carbocycles. The van der Waals surface area contributed by atoms with Crippen LogP contribution in [-0.4, -0.2) is 23.2 Å². The van der Waals surface area contributed by atoms with Crippen LogP contribution in [0.3, 0.4) is 0 Å². The normalized spacial score (nSPS) is 18.6. The van der Waals surface area contributed by atoms with Crippen LogP contribution < -0.4 is 5.32 Å². The fourth-order valence-electron chi connectivity index (χ4n) is 0.797. The molecular weight excluding hydrogens is 158 g/mol. The topological polar surface area (TPSA) is 32.3 Å². The van der Waals surface area contributed by atoms with E-state index < -0.39 is 0 Å². The lowest BCUT2D eigenvalue weighted by Gasteiger charge is -2.10. The summed E-state index contributed by atoms with van der Waals surface area (Å²) in [6, 6.07) is 0. The molecule has 0 aromatic heterocycles. The first-order valence-corrected chi connectivity index (χ1v) is 3.86. The minimum absolute atomic E-state index is 0.112. The first kappa shape index (κ1) is 8.94. The fraction of sp³-hybridized carbons (Fsp3) is 0.250. The van der Waals surface area contributed by atoms with Gasteiger partial charge in [-0.2, -0.15) is 0 Å².